The molecule has 1 aromatic heterocycles. The lowest BCUT2D eigenvalue weighted by atomic mass is 10.1. The third kappa shape index (κ3) is 5.59. The lowest BCUT2D eigenvalue weighted by Gasteiger charge is -2.21. The Hall–Kier alpha value is -3.06. The fourth-order valence-corrected chi connectivity index (χ4v) is 3.65. The van der Waals surface area contributed by atoms with E-state index in [1.807, 2.05) is 4.72 Å². The maximum absolute atomic E-state index is 12.4. The SMILES string of the molecule is CCc1oc(N(Cc2ccc(Cl)c(Cl)c2)c2ccc(C#N)cc2)nc1C(=O)NS(C)(=O)=O. The van der Waals surface area contributed by atoms with Gasteiger partial charge < -0.3 is 4.42 Å². The van der Waals surface area contributed by atoms with Crippen molar-refractivity contribution < 1.29 is 17.6 Å². The molecule has 3 aromatic rings. The first-order chi connectivity index (χ1) is 15.1. The summed E-state index contributed by atoms with van der Waals surface area (Å²) in [5.41, 5.74) is 1.76. The van der Waals surface area contributed by atoms with Crippen molar-refractivity contribution >= 4 is 50.8 Å². The van der Waals surface area contributed by atoms with Crippen LogP contribution in [0.25, 0.3) is 0 Å². The molecule has 0 aliphatic rings. The van der Waals surface area contributed by atoms with Crippen molar-refractivity contribution in [2.75, 3.05) is 11.2 Å². The van der Waals surface area contributed by atoms with E-state index in [2.05, 4.69) is 11.1 Å². The van der Waals surface area contributed by atoms with Gasteiger partial charge in [-0.05, 0) is 42.0 Å². The smallest absolute Gasteiger partial charge is 0.303 e. The Labute approximate surface area is 195 Å². The summed E-state index contributed by atoms with van der Waals surface area (Å²) in [5, 5.41) is 9.87. The van der Waals surface area contributed by atoms with Crippen molar-refractivity contribution in [3.8, 4) is 6.07 Å². The van der Waals surface area contributed by atoms with E-state index in [1.165, 1.54) is 0 Å². The molecule has 0 saturated heterocycles. The molecule has 0 spiro atoms. The van der Waals surface area contributed by atoms with Crippen LogP contribution in [0.1, 0.15) is 34.3 Å². The number of nitriles is 1. The average Bonchev–Trinajstić information content (AvgIpc) is 3.18. The maximum atomic E-state index is 12.4. The summed E-state index contributed by atoms with van der Waals surface area (Å²) in [5.74, 6) is -0.650. The number of aryl methyl sites for hydroxylation is 1. The third-order valence-electron chi connectivity index (χ3n) is 4.36. The van der Waals surface area contributed by atoms with Crippen LogP contribution in [0.4, 0.5) is 11.7 Å². The van der Waals surface area contributed by atoms with Crippen LogP contribution in [0.2, 0.25) is 10.0 Å². The minimum atomic E-state index is -3.78. The molecule has 0 aliphatic heterocycles. The van der Waals surface area contributed by atoms with Gasteiger partial charge in [-0.25, -0.2) is 13.1 Å². The topological polar surface area (TPSA) is 116 Å². The summed E-state index contributed by atoms with van der Waals surface area (Å²) in [4.78, 5) is 18.4. The lowest BCUT2D eigenvalue weighted by Crippen LogP contribution is -2.30. The number of anilines is 2. The minimum Gasteiger partial charge on any atom is -0.428 e. The molecule has 0 aliphatic carbocycles. The van der Waals surface area contributed by atoms with E-state index >= 15 is 0 Å². The normalized spacial score (nSPS) is 11.1. The summed E-state index contributed by atoms with van der Waals surface area (Å²) >= 11 is 12.2. The van der Waals surface area contributed by atoms with Crippen molar-refractivity contribution in [2.24, 2.45) is 0 Å². The number of carbonyl (C=O) groups excluding carboxylic acids is 1. The Morgan fingerprint density at radius 3 is 2.44 bits per heavy atom. The zero-order valence-corrected chi connectivity index (χ0v) is 19.4. The van der Waals surface area contributed by atoms with E-state index < -0.39 is 15.9 Å². The second kappa shape index (κ2) is 9.61. The molecule has 0 fully saturated rings. The number of hydrogen-bond acceptors (Lipinski definition) is 7. The number of nitrogens with one attached hydrogen (secondary N) is 1. The lowest BCUT2D eigenvalue weighted by molar-refractivity contribution is 0.0975. The molecule has 0 bridgehead atoms. The molecule has 3 rings (SSSR count). The highest BCUT2D eigenvalue weighted by atomic mass is 35.5. The van der Waals surface area contributed by atoms with E-state index in [1.54, 1.807) is 54.3 Å². The Bertz CT molecular complexity index is 1300. The summed E-state index contributed by atoms with van der Waals surface area (Å²) < 4.78 is 30.7. The fraction of sp³-hybridized carbons (Fsp3) is 0.190. The number of aromatic nitrogens is 1. The van der Waals surface area contributed by atoms with Crippen molar-refractivity contribution in [3.63, 3.8) is 0 Å². The number of rotatable bonds is 7. The molecule has 0 unspecified atom stereocenters. The van der Waals surface area contributed by atoms with Gasteiger partial charge in [0.2, 0.25) is 10.0 Å². The van der Waals surface area contributed by atoms with Crippen LogP contribution in [-0.4, -0.2) is 25.6 Å². The first kappa shape index (κ1) is 23.6. The van der Waals surface area contributed by atoms with Crippen LogP contribution in [0, 0.1) is 11.3 Å². The quantitative estimate of drug-likeness (QED) is 0.517. The summed E-state index contributed by atoms with van der Waals surface area (Å²) in [7, 11) is -3.78. The van der Waals surface area contributed by atoms with Gasteiger partial charge in [0.1, 0.15) is 5.76 Å². The first-order valence-electron chi connectivity index (χ1n) is 9.34. The zero-order chi connectivity index (χ0) is 23.5. The predicted molar refractivity (Wildman–Crippen MR) is 122 cm³/mol. The number of hydrogen-bond donors (Lipinski definition) is 1. The van der Waals surface area contributed by atoms with Gasteiger partial charge in [0.05, 0.1) is 34.5 Å². The van der Waals surface area contributed by atoms with Gasteiger partial charge >= 0.3 is 6.01 Å². The third-order valence-corrected chi connectivity index (χ3v) is 5.66. The molecule has 8 nitrogen and oxygen atoms in total. The van der Waals surface area contributed by atoms with Crippen LogP contribution in [0.5, 0.6) is 0 Å². The molecule has 11 heteroatoms. The number of benzene rings is 2. The second-order valence-electron chi connectivity index (χ2n) is 6.82. The van der Waals surface area contributed by atoms with Gasteiger partial charge in [0, 0.05) is 12.1 Å². The number of oxazole rings is 1. The Kier molecular flexibility index (Phi) is 7.09. The molecular formula is C21H18Cl2N4O4S. The molecule has 1 N–H and O–H groups in total. The van der Waals surface area contributed by atoms with E-state index in [0.29, 0.717) is 27.7 Å². The monoisotopic (exact) mass is 492 g/mol. The minimum absolute atomic E-state index is 0.0799. The van der Waals surface area contributed by atoms with Crippen molar-refractivity contribution in [1.29, 1.82) is 5.26 Å². The van der Waals surface area contributed by atoms with Crippen molar-refractivity contribution in [2.45, 2.75) is 19.9 Å². The molecule has 0 atom stereocenters. The number of sulfonamides is 1. The number of halogens is 2. The molecular weight excluding hydrogens is 475 g/mol. The van der Waals surface area contributed by atoms with Gasteiger partial charge in [-0.15, -0.1) is 0 Å². The standard InChI is InChI=1S/C21H18Cl2N4O4S/c1-3-18-19(20(28)26-32(2,29)30)25-21(31-18)27(15-7-4-13(11-24)5-8-15)12-14-6-9-16(22)17(23)10-14/h4-10H,3,12H2,1-2H3,(H,26,28). The largest absolute Gasteiger partial charge is 0.428 e. The van der Waals surface area contributed by atoms with E-state index in [-0.39, 0.29) is 24.0 Å². The number of amides is 1. The Balaban J connectivity index is 2.07. The molecule has 1 heterocycles. The van der Waals surface area contributed by atoms with Gasteiger partial charge in [0.25, 0.3) is 5.91 Å². The zero-order valence-electron chi connectivity index (χ0n) is 17.1. The van der Waals surface area contributed by atoms with Crippen molar-refractivity contribution in [1.82, 2.24) is 9.71 Å². The molecule has 0 saturated carbocycles. The number of nitrogens with zero attached hydrogens (tertiary/aromatic N) is 3. The van der Waals surface area contributed by atoms with Gasteiger partial charge in [-0.3, -0.25) is 9.69 Å². The Morgan fingerprint density at radius 1 is 1.19 bits per heavy atom. The van der Waals surface area contributed by atoms with Crippen LogP contribution in [0.15, 0.2) is 46.9 Å². The highest BCUT2D eigenvalue weighted by molar-refractivity contribution is 7.89. The van der Waals surface area contributed by atoms with E-state index in [4.69, 9.17) is 32.9 Å². The van der Waals surface area contributed by atoms with Gasteiger partial charge in [-0.2, -0.15) is 10.2 Å². The average molecular weight is 493 g/mol. The second-order valence-corrected chi connectivity index (χ2v) is 9.38. The summed E-state index contributed by atoms with van der Waals surface area (Å²) in [6, 6.07) is 14.0. The van der Waals surface area contributed by atoms with Crippen LogP contribution >= 0.6 is 23.2 Å². The van der Waals surface area contributed by atoms with Crippen LogP contribution in [-0.2, 0) is 23.0 Å². The molecule has 1 amide bonds. The van der Waals surface area contributed by atoms with E-state index in [9.17, 15) is 13.2 Å². The van der Waals surface area contributed by atoms with Gasteiger partial charge in [-0.1, -0.05) is 36.2 Å². The summed E-state index contributed by atoms with van der Waals surface area (Å²) in [6.07, 6.45) is 1.19. The maximum Gasteiger partial charge on any atom is 0.303 e. The van der Waals surface area contributed by atoms with Crippen molar-refractivity contribution in [3.05, 3.63) is 75.1 Å². The molecule has 0 radical (unpaired) electrons. The highest BCUT2D eigenvalue weighted by Gasteiger charge is 2.25. The predicted octanol–water partition coefficient (Wildman–Crippen LogP) is 4.44. The number of carbonyl (C=O) groups is 1. The van der Waals surface area contributed by atoms with Crippen LogP contribution < -0.4 is 9.62 Å². The molecule has 166 valence electrons. The van der Waals surface area contributed by atoms with Crippen LogP contribution in [0.3, 0.4) is 0 Å². The van der Waals surface area contributed by atoms with Gasteiger partial charge in [0.15, 0.2) is 5.69 Å². The molecule has 32 heavy (non-hydrogen) atoms. The highest BCUT2D eigenvalue weighted by Crippen LogP contribution is 2.31. The molecule has 2 aromatic carbocycles. The van der Waals surface area contributed by atoms with E-state index in [0.717, 1.165) is 11.8 Å². The first-order valence-corrected chi connectivity index (χ1v) is 12.0. The fourth-order valence-electron chi connectivity index (χ4n) is 2.89. The summed E-state index contributed by atoms with van der Waals surface area (Å²) in [6.45, 7) is 2.01. The Morgan fingerprint density at radius 2 is 1.88 bits per heavy atom.